The molecular weight excluding hydrogens is 166 g/mol. The lowest BCUT2D eigenvalue weighted by molar-refractivity contribution is 0.374. The van der Waals surface area contributed by atoms with Crippen molar-refractivity contribution in [2.75, 3.05) is 12.8 Å². The molecule has 0 aromatic heterocycles. The number of halogens is 1. The van der Waals surface area contributed by atoms with Crippen LogP contribution in [0.1, 0.15) is 0 Å². The highest BCUT2D eigenvalue weighted by Crippen LogP contribution is 2.37. The van der Waals surface area contributed by atoms with Gasteiger partial charge in [-0.15, -0.1) is 0 Å². The third-order valence-electron chi connectivity index (χ3n) is 1.31. The molecule has 0 heterocycles. The summed E-state index contributed by atoms with van der Waals surface area (Å²) in [6, 6.07) is 2.94. The molecule has 0 aliphatic heterocycles. The van der Waals surface area contributed by atoms with Gasteiger partial charge in [0.05, 0.1) is 12.8 Å². The van der Waals surface area contributed by atoms with Gasteiger partial charge in [-0.25, -0.2) is 0 Å². The van der Waals surface area contributed by atoms with Crippen LogP contribution in [0.15, 0.2) is 12.1 Å². The fourth-order valence-electron chi connectivity index (χ4n) is 0.755. The van der Waals surface area contributed by atoms with Crippen LogP contribution in [-0.2, 0) is 0 Å². The molecule has 0 unspecified atom stereocenters. The van der Waals surface area contributed by atoms with Crippen LogP contribution in [0.2, 0.25) is 5.02 Å². The average Bonchev–Trinajstić information content (AvgIpc) is 1.99. The Kier molecular flexibility index (Phi) is 2.10. The van der Waals surface area contributed by atoms with Crippen molar-refractivity contribution in [2.24, 2.45) is 0 Å². The first-order valence-corrected chi connectivity index (χ1v) is 3.35. The zero-order chi connectivity index (χ0) is 8.43. The van der Waals surface area contributed by atoms with Crippen molar-refractivity contribution in [1.29, 1.82) is 0 Å². The molecule has 1 aromatic carbocycles. The summed E-state index contributed by atoms with van der Waals surface area (Å²) in [7, 11) is 1.42. The number of phenols is 1. The summed E-state index contributed by atoms with van der Waals surface area (Å²) >= 11 is 5.69. The number of rotatable bonds is 1. The zero-order valence-corrected chi connectivity index (χ0v) is 6.72. The van der Waals surface area contributed by atoms with Crippen LogP contribution in [0.3, 0.4) is 0 Å². The van der Waals surface area contributed by atoms with Crippen LogP contribution in [-0.4, -0.2) is 12.2 Å². The summed E-state index contributed by atoms with van der Waals surface area (Å²) in [5.41, 5.74) is 5.83. The van der Waals surface area contributed by atoms with Gasteiger partial charge in [-0.2, -0.15) is 0 Å². The molecule has 0 fully saturated rings. The summed E-state index contributed by atoms with van der Waals surface area (Å²) in [5.74, 6) is 0.207. The molecule has 0 aliphatic rings. The van der Waals surface area contributed by atoms with Gasteiger partial charge in [0.25, 0.3) is 0 Å². The fraction of sp³-hybridized carbons (Fsp3) is 0.143. The molecule has 0 saturated heterocycles. The van der Waals surface area contributed by atoms with Crippen LogP contribution in [0.5, 0.6) is 11.5 Å². The summed E-state index contributed by atoms with van der Waals surface area (Å²) < 4.78 is 4.79. The maximum Gasteiger partial charge on any atom is 0.181 e. The number of aromatic hydroxyl groups is 1. The van der Waals surface area contributed by atoms with Crippen molar-refractivity contribution in [2.45, 2.75) is 0 Å². The Morgan fingerprint density at radius 2 is 2.18 bits per heavy atom. The lowest BCUT2D eigenvalue weighted by Gasteiger charge is -2.06. The Labute approximate surface area is 69.3 Å². The molecule has 11 heavy (non-hydrogen) atoms. The SMILES string of the molecule is COc1c(O)ccc(N)c1Cl. The molecule has 0 radical (unpaired) electrons. The Bertz CT molecular complexity index is 275. The van der Waals surface area contributed by atoms with Gasteiger partial charge in [-0.1, -0.05) is 11.6 Å². The average molecular weight is 174 g/mol. The molecular formula is C7H8ClNO2. The predicted molar refractivity (Wildman–Crippen MR) is 44.1 cm³/mol. The summed E-state index contributed by atoms with van der Waals surface area (Å²) in [4.78, 5) is 0. The number of nitrogen functional groups attached to an aromatic ring is 1. The van der Waals surface area contributed by atoms with Gasteiger partial charge in [0.1, 0.15) is 5.02 Å². The first kappa shape index (κ1) is 8.01. The number of hydrogen-bond acceptors (Lipinski definition) is 3. The second-order valence-corrected chi connectivity index (χ2v) is 2.40. The minimum atomic E-state index is -0.00769. The molecule has 3 N–H and O–H groups in total. The van der Waals surface area contributed by atoms with E-state index in [4.69, 9.17) is 27.2 Å². The van der Waals surface area contributed by atoms with Crippen LogP contribution in [0.4, 0.5) is 5.69 Å². The van der Waals surface area contributed by atoms with E-state index in [1.54, 1.807) is 0 Å². The van der Waals surface area contributed by atoms with E-state index in [0.29, 0.717) is 5.69 Å². The van der Waals surface area contributed by atoms with E-state index in [0.717, 1.165) is 0 Å². The molecule has 0 amide bonds. The van der Waals surface area contributed by atoms with E-state index in [2.05, 4.69) is 0 Å². The molecule has 1 rings (SSSR count). The molecule has 0 saturated carbocycles. The van der Waals surface area contributed by atoms with E-state index < -0.39 is 0 Å². The zero-order valence-electron chi connectivity index (χ0n) is 5.97. The number of phenolic OH excluding ortho intramolecular Hbond substituents is 1. The van der Waals surface area contributed by atoms with Crippen LogP contribution < -0.4 is 10.5 Å². The van der Waals surface area contributed by atoms with Gasteiger partial charge in [-0.3, -0.25) is 0 Å². The van der Waals surface area contributed by atoms with Crippen molar-refractivity contribution in [3.8, 4) is 11.5 Å². The molecule has 1 aromatic rings. The van der Waals surface area contributed by atoms with Crippen molar-refractivity contribution in [3.63, 3.8) is 0 Å². The quantitative estimate of drug-likeness (QED) is 0.502. The number of anilines is 1. The number of methoxy groups -OCH3 is 1. The van der Waals surface area contributed by atoms with Crippen molar-refractivity contribution in [1.82, 2.24) is 0 Å². The summed E-state index contributed by atoms with van der Waals surface area (Å²) in [6.07, 6.45) is 0. The fourth-order valence-corrected chi connectivity index (χ4v) is 0.992. The molecule has 0 bridgehead atoms. The van der Waals surface area contributed by atoms with Gasteiger partial charge in [-0.05, 0) is 12.1 Å². The number of hydrogen-bond donors (Lipinski definition) is 2. The largest absolute Gasteiger partial charge is 0.504 e. The van der Waals surface area contributed by atoms with E-state index in [-0.39, 0.29) is 16.5 Å². The van der Waals surface area contributed by atoms with Crippen LogP contribution in [0, 0.1) is 0 Å². The van der Waals surface area contributed by atoms with E-state index in [1.165, 1.54) is 19.2 Å². The Hall–Kier alpha value is -1.09. The summed E-state index contributed by atoms with van der Waals surface area (Å²) in [6.45, 7) is 0. The first-order chi connectivity index (χ1) is 5.16. The van der Waals surface area contributed by atoms with E-state index in [1.807, 2.05) is 0 Å². The number of benzene rings is 1. The van der Waals surface area contributed by atoms with E-state index in [9.17, 15) is 0 Å². The lowest BCUT2D eigenvalue weighted by Crippen LogP contribution is -1.90. The van der Waals surface area contributed by atoms with E-state index >= 15 is 0 Å². The van der Waals surface area contributed by atoms with Gasteiger partial charge in [0.2, 0.25) is 0 Å². The van der Waals surface area contributed by atoms with Crippen molar-refractivity contribution < 1.29 is 9.84 Å². The van der Waals surface area contributed by atoms with Crippen LogP contribution in [0.25, 0.3) is 0 Å². The predicted octanol–water partition coefficient (Wildman–Crippen LogP) is 1.64. The third-order valence-corrected chi connectivity index (χ3v) is 1.70. The van der Waals surface area contributed by atoms with Crippen molar-refractivity contribution in [3.05, 3.63) is 17.2 Å². The molecule has 0 atom stereocenters. The Balaban J connectivity index is 3.29. The summed E-state index contributed by atoms with van der Waals surface area (Å²) in [5, 5.41) is 9.39. The second-order valence-electron chi connectivity index (χ2n) is 2.02. The number of ether oxygens (including phenoxy) is 1. The Morgan fingerprint density at radius 3 is 2.64 bits per heavy atom. The number of nitrogens with two attached hydrogens (primary N) is 1. The monoisotopic (exact) mass is 173 g/mol. The molecule has 0 aliphatic carbocycles. The van der Waals surface area contributed by atoms with Gasteiger partial charge >= 0.3 is 0 Å². The smallest absolute Gasteiger partial charge is 0.181 e. The molecule has 3 nitrogen and oxygen atoms in total. The second kappa shape index (κ2) is 2.88. The standard InChI is InChI=1S/C7H8ClNO2/c1-11-7-5(10)3-2-4(9)6(7)8/h2-3,10H,9H2,1H3. The molecule has 4 heteroatoms. The normalized spacial score (nSPS) is 9.64. The highest BCUT2D eigenvalue weighted by Gasteiger charge is 2.08. The molecule has 0 spiro atoms. The minimum Gasteiger partial charge on any atom is -0.504 e. The third kappa shape index (κ3) is 1.33. The maximum atomic E-state index is 9.15. The minimum absolute atomic E-state index is 0.00769. The van der Waals surface area contributed by atoms with Crippen molar-refractivity contribution >= 4 is 17.3 Å². The van der Waals surface area contributed by atoms with Crippen LogP contribution >= 0.6 is 11.6 Å². The molecule has 60 valence electrons. The lowest BCUT2D eigenvalue weighted by atomic mass is 10.3. The van der Waals surface area contributed by atoms with Gasteiger partial charge in [0.15, 0.2) is 11.5 Å². The Morgan fingerprint density at radius 1 is 1.55 bits per heavy atom. The van der Waals surface area contributed by atoms with Gasteiger partial charge < -0.3 is 15.6 Å². The highest BCUT2D eigenvalue weighted by molar-refractivity contribution is 6.34. The topological polar surface area (TPSA) is 55.5 Å². The maximum absolute atomic E-state index is 9.15. The first-order valence-electron chi connectivity index (χ1n) is 2.97. The highest BCUT2D eigenvalue weighted by atomic mass is 35.5. The van der Waals surface area contributed by atoms with Gasteiger partial charge in [0, 0.05) is 0 Å².